The summed E-state index contributed by atoms with van der Waals surface area (Å²) in [4.78, 5) is 24.6. The number of ketones is 2. The maximum Gasteiger partial charge on any atom is 0.159 e. The lowest BCUT2D eigenvalue weighted by molar-refractivity contribution is -0.117. The molecule has 0 aromatic carbocycles. The molecule has 0 aromatic rings. The molecular weight excluding hydrogens is 296 g/mol. The van der Waals surface area contributed by atoms with E-state index in [-0.39, 0.29) is 10.8 Å². The highest BCUT2D eigenvalue weighted by Gasteiger charge is 2.59. The highest BCUT2D eigenvalue weighted by molar-refractivity contribution is 5.99. The quantitative estimate of drug-likeness (QED) is 0.633. The monoisotopic (exact) mass is 326 g/mol. The van der Waals surface area contributed by atoms with Gasteiger partial charge in [0.25, 0.3) is 0 Å². The van der Waals surface area contributed by atoms with Crippen LogP contribution in [0, 0.1) is 28.6 Å². The van der Waals surface area contributed by atoms with Crippen LogP contribution in [0.2, 0.25) is 0 Å². The minimum atomic E-state index is 0.107. The molecule has 0 unspecified atom stereocenters. The second-order valence-corrected chi connectivity index (χ2v) is 9.08. The largest absolute Gasteiger partial charge is 0.295 e. The molecule has 130 valence electrons. The molecular formula is C22H30O2. The summed E-state index contributed by atoms with van der Waals surface area (Å²) in [5, 5.41) is 0. The first-order valence-corrected chi connectivity index (χ1v) is 9.88. The van der Waals surface area contributed by atoms with Crippen LogP contribution >= 0.6 is 0 Å². The lowest BCUT2D eigenvalue weighted by Crippen LogP contribution is -2.49. The van der Waals surface area contributed by atoms with E-state index in [9.17, 15) is 9.59 Å². The number of carbonyl (C=O) groups excluding carboxylic acids is 2. The SMILES string of the molecule is CC/C=C1\C(=O)C[C@H]2[C@@H]3CCC4=CC(=O)CC[C@]4(C)[C@H]3CC[C@]12C. The van der Waals surface area contributed by atoms with Gasteiger partial charge in [-0.3, -0.25) is 9.59 Å². The molecule has 4 rings (SSSR count). The predicted octanol–water partition coefficient (Wildman–Crippen LogP) is 5.03. The van der Waals surface area contributed by atoms with E-state index >= 15 is 0 Å². The van der Waals surface area contributed by atoms with Crippen LogP contribution in [0.25, 0.3) is 0 Å². The molecule has 5 atom stereocenters. The lowest BCUT2D eigenvalue weighted by atomic mass is 9.47. The number of hydrogen-bond donors (Lipinski definition) is 0. The molecule has 0 N–H and O–H groups in total. The van der Waals surface area contributed by atoms with Crippen LogP contribution in [0.1, 0.15) is 72.1 Å². The lowest BCUT2D eigenvalue weighted by Gasteiger charge is -2.57. The topological polar surface area (TPSA) is 34.1 Å². The average molecular weight is 326 g/mol. The Morgan fingerprint density at radius 3 is 2.62 bits per heavy atom. The molecule has 3 fully saturated rings. The standard InChI is InChI=1S/C22H30O2/c1-4-5-18-20(24)13-19-16-7-6-14-12-15(23)8-10-21(14,2)17(16)9-11-22(18,19)3/h5,12,16-17,19H,4,6-11,13H2,1-3H3/b18-5+/t16-,17+,19+,21+,22-/m1/s1. The van der Waals surface area contributed by atoms with Crippen LogP contribution in [-0.4, -0.2) is 11.6 Å². The first-order valence-electron chi connectivity index (χ1n) is 9.88. The van der Waals surface area contributed by atoms with E-state index in [1.54, 1.807) is 0 Å². The summed E-state index contributed by atoms with van der Waals surface area (Å²) in [6, 6.07) is 0. The highest BCUT2D eigenvalue weighted by Crippen LogP contribution is 2.65. The van der Waals surface area contributed by atoms with Gasteiger partial charge in [-0.1, -0.05) is 32.4 Å². The van der Waals surface area contributed by atoms with Gasteiger partial charge in [-0.25, -0.2) is 0 Å². The van der Waals surface area contributed by atoms with Crippen LogP contribution in [0.3, 0.4) is 0 Å². The van der Waals surface area contributed by atoms with Crippen molar-refractivity contribution in [3.05, 3.63) is 23.3 Å². The van der Waals surface area contributed by atoms with Crippen molar-refractivity contribution in [1.82, 2.24) is 0 Å². The molecule has 0 amide bonds. The van der Waals surface area contributed by atoms with Crippen molar-refractivity contribution >= 4 is 11.6 Å². The summed E-state index contributed by atoms with van der Waals surface area (Å²) < 4.78 is 0. The Morgan fingerprint density at radius 1 is 1.08 bits per heavy atom. The molecule has 2 nitrogen and oxygen atoms in total. The summed E-state index contributed by atoms with van der Waals surface area (Å²) in [5.41, 5.74) is 2.87. The van der Waals surface area contributed by atoms with Gasteiger partial charge >= 0.3 is 0 Å². The first kappa shape index (κ1) is 16.3. The van der Waals surface area contributed by atoms with Gasteiger partial charge in [-0.15, -0.1) is 0 Å². The minimum absolute atomic E-state index is 0.107. The van der Waals surface area contributed by atoms with Gasteiger partial charge < -0.3 is 0 Å². The average Bonchev–Trinajstić information content (AvgIpc) is 2.80. The molecule has 0 aromatic heterocycles. The zero-order valence-corrected chi connectivity index (χ0v) is 15.4. The summed E-state index contributed by atoms with van der Waals surface area (Å²) >= 11 is 0. The highest BCUT2D eigenvalue weighted by atomic mass is 16.1. The zero-order valence-electron chi connectivity index (χ0n) is 15.4. The number of Topliss-reactive ketones (excluding diaryl/α,β-unsaturated/α-hetero) is 1. The fraction of sp³-hybridized carbons (Fsp3) is 0.727. The smallest absolute Gasteiger partial charge is 0.159 e. The van der Waals surface area contributed by atoms with E-state index < -0.39 is 0 Å². The summed E-state index contributed by atoms with van der Waals surface area (Å²) in [6.07, 6.45) is 12.2. The zero-order chi connectivity index (χ0) is 17.1. The fourth-order valence-electron chi connectivity index (χ4n) is 6.77. The molecule has 0 saturated heterocycles. The van der Waals surface area contributed by atoms with E-state index in [1.807, 2.05) is 6.08 Å². The summed E-state index contributed by atoms with van der Waals surface area (Å²) in [6.45, 7) is 6.91. The predicted molar refractivity (Wildman–Crippen MR) is 95.5 cm³/mol. The molecule has 24 heavy (non-hydrogen) atoms. The van der Waals surface area contributed by atoms with Crippen LogP contribution < -0.4 is 0 Å². The third-order valence-corrected chi connectivity index (χ3v) is 8.08. The Morgan fingerprint density at radius 2 is 1.88 bits per heavy atom. The third kappa shape index (κ3) is 2.07. The number of rotatable bonds is 1. The van der Waals surface area contributed by atoms with Crippen molar-refractivity contribution in [3.8, 4) is 0 Å². The molecule has 3 saturated carbocycles. The van der Waals surface area contributed by atoms with E-state index in [2.05, 4.69) is 26.8 Å². The maximum absolute atomic E-state index is 12.7. The van der Waals surface area contributed by atoms with E-state index in [4.69, 9.17) is 0 Å². The summed E-state index contributed by atoms with van der Waals surface area (Å²) in [7, 11) is 0. The van der Waals surface area contributed by atoms with Crippen LogP contribution in [0.4, 0.5) is 0 Å². The van der Waals surface area contributed by atoms with Crippen molar-refractivity contribution in [1.29, 1.82) is 0 Å². The van der Waals surface area contributed by atoms with Crippen molar-refractivity contribution in [3.63, 3.8) is 0 Å². The van der Waals surface area contributed by atoms with Crippen molar-refractivity contribution < 1.29 is 9.59 Å². The van der Waals surface area contributed by atoms with Crippen LogP contribution in [-0.2, 0) is 9.59 Å². The van der Waals surface area contributed by atoms with Crippen LogP contribution in [0.5, 0.6) is 0 Å². The van der Waals surface area contributed by atoms with E-state index in [1.165, 1.54) is 18.4 Å². The fourth-order valence-corrected chi connectivity index (χ4v) is 6.77. The minimum Gasteiger partial charge on any atom is -0.295 e. The van der Waals surface area contributed by atoms with Crippen LogP contribution in [0.15, 0.2) is 23.3 Å². The first-order chi connectivity index (χ1) is 11.4. The molecule has 4 aliphatic rings. The summed E-state index contributed by atoms with van der Waals surface area (Å²) in [5.74, 6) is 2.59. The van der Waals surface area contributed by atoms with Crippen molar-refractivity contribution in [2.45, 2.75) is 72.1 Å². The molecule has 4 aliphatic carbocycles. The molecule has 0 radical (unpaired) electrons. The van der Waals surface area contributed by atoms with Gasteiger partial charge in [0, 0.05) is 12.8 Å². The second-order valence-electron chi connectivity index (χ2n) is 9.08. The number of fused-ring (bicyclic) bond motifs is 5. The van der Waals surface area contributed by atoms with Gasteiger partial charge in [0.2, 0.25) is 0 Å². The number of carbonyl (C=O) groups is 2. The molecule has 0 heterocycles. The maximum atomic E-state index is 12.7. The molecule has 0 aliphatic heterocycles. The van der Waals surface area contributed by atoms with Crippen molar-refractivity contribution in [2.75, 3.05) is 0 Å². The Balaban J connectivity index is 1.70. The van der Waals surface area contributed by atoms with Gasteiger partial charge in [0.05, 0.1) is 0 Å². The second kappa shape index (κ2) is 5.41. The van der Waals surface area contributed by atoms with Gasteiger partial charge in [-0.05, 0) is 78.8 Å². The Bertz CT molecular complexity index is 655. The van der Waals surface area contributed by atoms with Gasteiger partial charge in [0.1, 0.15) is 0 Å². The Kier molecular flexibility index (Phi) is 3.67. The molecule has 0 spiro atoms. The Hall–Kier alpha value is -1.18. The molecule has 0 bridgehead atoms. The third-order valence-electron chi connectivity index (χ3n) is 8.08. The Labute approximate surface area is 145 Å². The molecule has 2 heteroatoms. The van der Waals surface area contributed by atoms with E-state index in [0.717, 1.165) is 37.7 Å². The van der Waals surface area contributed by atoms with E-state index in [0.29, 0.717) is 35.7 Å². The number of allylic oxidation sites excluding steroid dienone is 3. The van der Waals surface area contributed by atoms with Gasteiger partial charge in [-0.2, -0.15) is 0 Å². The van der Waals surface area contributed by atoms with Gasteiger partial charge in [0.15, 0.2) is 11.6 Å². The number of hydrogen-bond acceptors (Lipinski definition) is 2. The van der Waals surface area contributed by atoms with Crippen molar-refractivity contribution in [2.24, 2.45) is 28.6 Å². The normalized spacial score (nSPS) is 46.4.